The van der Waals surface area contributed by atoms with Crippen molar-refractivity contribution in [2.24, 2.45) is 5.92 Å². The summed E-state index contributed by atoms with van der Waals surface area (Å²) in [6.07, 6.45) is 1.23. The number of ether oxygens (including phenoxy) is 2. The van der Waals surface area contributed by atoms with Crippen molar-refractivity contribution in [1.82, 2.24) is 19.8 Å². The molecule has 2 aliphatic heterocycles. The summed E-state index contributed by atoms with van der Waals surface area (Å²) in [5.74, 6) is 1.46. The molecule has 0 aliphatic carbocycles. The third-order valence-electron chi connectivity index (χ3n) is 6.25. The topological polar surface area (TPSA) is 124 Å². The lowest BCUT2D eigenvalue weighted by Gasteiger charge is -2.31. The first-order valence-electron chi connectivity index (χ1n) is 11.4. The van der Waals surface area contributed by atoms with E-state index >= 15 is 0 Å². The van der Waals surface area contributed by atoms with E-state index in [-0.39, 0.29) is 24.1 Å². The maximum Gasteiger partial charge on any atom is 0.243 e. The van der Waals surface area contributed by atoms with Gasteiger partial charge in [0.1, 0.15) is 0 Å². The van der Waals surface area contributed by atoms with Crippen LogP contribution in [0.2, 0.25) is 0 Å². The summed E-state index contributed by atoms with van der Waals surface area (Å²) in [6.45, 7) is 4.42. The van der Waals surface area contributed by atoms with Crippen molar-refractivity contribution in [1.29, 1.82) is 0 Å². The Hall–Kier alpha value is -3.44. The number of hydrogen-bond donors (Lipinski definition) is 1. The number of piperidine rings is 1. The molecule has 1 atom stereocenters. The highest BCUT2D eigenvalue weighted by Gasteiger charge is 2.34. The van der Waals surface area contributed by atoms with Crippen LogP contribution in [0.3, 0.4) is 0 Å². The van der Waals surface area contributed by atoms with Crippen molar-refractivity contribution in [2.75, 3.05) is 19.9 Å². The fourth-order valence-corrected chi connectivity index (χ4v) is 6.11. The smallest absolute Gasteiger partial charge is 0.243 e. The fraction of sp³-hybridized carbons (Fsp3) is 0.375. The van der Waals surface area contributed by atoms with E-state index in [2.05, 4.69) is 15.5 Å². The van der Waals surface area contributed by atoms with Crippen molar-refractivity contribution >= 4 is 15.9 Å². The predicted octanol–water partition coefficient (Wildman–Crippen LogP) is 2.80. The highest BCUT2D eigenvalue weighted by Crippen LogP contribution is 2.33. The van der Waals surface area contributed by atoms with Gasteiger partial charge in [0.15, 0.2) is 11.5 Å². The number of sulfonamides is 1. The monoisotopic (exact) mass is 498 g/mol. The van der Waals surface area contributed by atoms with Gasteiger partial charge in [0.25, 0.3) is 0 Å². The minimum absolute atomic E-state index is 0.125. The maximum atomic E-state index is 13.6. The molecular weight excluding hydrogens is 472 g/mol. The Balaban J connectivity index is 1.28. The van der Waals surface area contributed by atoms with E-state index in [0.717, 1.165) is 5.56 Å². The van der Waals surface area contributed by atoms with Crippen LogP contribution in [0, 0.1) is 19.8 Å². The van der Waals surface area contributed by atoms with E-state index in [1.165, 1.54) is 4.31 Å². The summed E-state index contributed by atoms with van der Waals surface area (Å²) in [5, 5.41) is 6.82. The summed E-state index contributed by atoms with van der Waals surface area (Å²) < 4.78 is 44.2. The molecule has 10 nitrogen and oxygen atoms in total. The van der Waals surface area contributed by atoms with Gasteiger partial charge in [0.05, 0.1) is 10.8 Å². The van der Waals surface area contributed by atoms with Crippen molar-refractivity contribution in [2.45, 2.75) is 38.1 Å². The number of benzene rings is 2. The molecule has 1 fully saturated rings. The summed E-state index contributed by atoms with van der Waals surface area (Å²) >= 11 is 0. The molecule has 3 heterocycles. The minimum Gasteiger partial charge on any atom is -0.454 e. The molecule has 35 heavy (non-hydrogen) atoms. The molecule has 1 amide bonds. The lowest BCUT2D eigenvalue weighted by atomic mass is 9.98. The van der Waals surface area contributed by atoms with Gasteiger partial charge in [-0.05, 0) is 49.1 Å². The third-order valence-corrected chi connectivity index (χ3v) is 8.26. The molecule has 5 rings (SSSR count). The van der Waals surface area contributed by atoms with Crippen molar-refractivity contribution in [3.63, 3.8) is 0 Å². The van der Waals surface area contributed by atoms with Crippen LogP contribution < -0.4 is 14.8 Å². The van der Waals surface area contributed by atoms with Crippen LogP contribution in [-0.2, 0) is 21.4 Å². The van der Waals surface area contributed by atoms with E-state index < -0.39 is 15.9 Å². The van der Waals surface area contributed by atoms with Crippen LogP contribution in [0.15, 0.2) is 45.8 Å². The Morgan fingerprint density at radius 1 is 1.14 bits per heavy atom. The quantitative estimate of drug-likeness (QED) is 0.550. The second kappa shape index (κ2) is 9.31. The normalized spacial score (nSPS) is 17.9. The molecule has 1 N–H and O–H groups in total. The van der Waals surface area contributed by atoms with Gasteiger partial charge in [-0.1, -0.05) is 23.4 Å². The maximum absolute atomic E-state index is 13.6. The standard InChI is InChI=1S/C24H26N4O6S/c1-15-5-7-18(23-26-16(2)34-27-23)11-22(15)35(30,31)28-9-3-4-19(13-28)24(29)25-12-17-6-8-20-21(10-17)33-14-32-20/h5-8,10-11,19H,3-4,9,12-14H2,1-2H3,(H,25,29)/t19-/m1/s1. The zero-order valence-corrected chi connectivity index (χ0v) is 20.3. The van der Waals surface area contributed by atoms with E-state index in [0.29, 0.717) is 60.3 Å². The van der Waals surface area contributed by atoms with Gasteiger partial charge in [-0.15, -0.1) is 0 Å². The number of aryl methyl sites for hydroxylation is 2. The number of carbonyl (C=O) groups is 1. The molecule has 184 valence electrons. The van der Waals surface area contributed by atoms with Crippen molar-refractivity contribution in [3.05, 3.63) is 53.4 Å². The fourth-order valence-electron chi connectivity index (χ4n) is 4.33. The number of nitrogens with zero attached hydrogens (tertiary/aromatic N) is 3. The molecule has 0 spiro atoms. The van der Waals surface area contributed by atoms with Gasteiger partial charge in [-0.3, -0.25) is 4.79 Å². The Kier molecular flexibility index (Phi) is 6.20. The minimum atomic E-state index is -3.82. The van der Waals surface area contributed by atoms with Gasteiger partial charge in [-0.25, -0.2) is 8.42 Å². The van der Waals surface area contributed by atoms with E-state index in [1.54, 1.807) is 32.0 Å². The molecule has 0 unspecified atom stereocenters. The first kappa shape index (κ1) is 23.3. The number of nitrogens with one attached hydrogen (secondary N) is 1. The summed E-state index contributed by atoms with van der Waals surface area (Å²) in [5.41, 5.74) is 2.05. The van der Waals surface area contributed by atoms with Gasteiger partial charge >= 0.3 is 0 Å². The first-order chi connectivity index (χ1) is 16.8. The molecule has 2 aliphatic rings. The molecule has 2 aromatic carbocycles. The van der Waals surface area contributed by atoms with E-state index in [4.69, 9.17) is 14.0 Å². The number of amides is 1. The summed E-state index contributed by atoms with van der Waals surface area (Å²) in [7, 11) is -3.82. The molecular formula is C24H26N4O6S. The van der Waals surface area contributed by atoms with Crippen LogP contribution in [0.1, 0.15) is 29.9 Å². The third kappa shape index (κ3) is 4.73. The SMILES string of the molecule is Cc1nc(-c2ccc(C)c(S(=O)(=O)N3CCC[C@@H](C(=O)NCc4ccc5c(c4)OCO5)C3)c2)no1. The Morgan fingerprint density at radius 2 is 1.97 bits per heavy atom. The van der Waals surface area contributed by atoms with Crippen LogP contribution in [0.25, 0.3) is 11.4 Å². The molecule has 1 saturated heterocycles. The zero-order valence-electron chi connectivity index (χ0n) is 19.5. The van der Waals surface area contributed by atoms with Crippen molar-refractivity contribution in [3.8, 4) is 22.9 Å². The van der Waals surface area contributed by atoms with Crippen LogP contribution in [0.4, 0.5) is 0 Å². The highest BCUT2D eigenvalue weighted by molar-refractivity contribution is 7.89. The Labute approximate surface area is 203 Å². The lowest BCUT2D eigenvalue weighted by molar-refractivity contribution is -0.126. The van der Waals surface area contributed by atoms with E-state index in [1.807, 2.05) is 18.2 Å². The lowest BCUT2D eigenvalue weighted by Crippen LogP contribution is -2.45. The number of rotatable bonds is 6. The molecule has 0 bridgehead atoms. The Bertz CT molecular complexity index is 1370. The van der Waals surface area contributed by atoms with Gasteiger partial charge < -0.3 is 19.3 Å². The van der Waals surface area contributed by atoms with Crippen LogP contribution in [-0.4, -0.2) is 48.7 Å². The molecule has 0 radical (unpaired) electrons. The average Bonchev–Trinajstić information content (AvgIpc) is 3.51. The van der Waals surface area contributed by atoms with Crippen molar-refractivity contribution < 1.29 is 27.2 Å². The molecule has 11 heteroatoms. The summed E-state index contributed by atoms with van der Waals surface area (Å²) in [4.78, 5) is 17.3. The predicted molar refractivity (Wildman–Crippen MR) is 125 cm³/mol. The molecule has 1 aromatic heterocycles. The number of hydrogen-bond acceptors (Lipinski definition) is 8. The van der Waals surface area contributed by atoms with Gasteiger partial charge in [0, 0.05) is 32.1 Å². The number of carbonyl (C=O) groups excluding carboxylic acids is 1. The van der Waals surface area contributed by atoms with Gasteiger partial charge in [0.2, 0.25) is 34.4 Å². The molecule has 3 aromatic rings. The van der Waals surface area contributed by atoms with Crippen LogP contribution in [0.5, 0.6) is 11.5 Å². The Morgan fingerprint density at radius 3 is 2.77 bits per heavy atom. The second-order valence-electron chi connectivity index (χ2n) is 8.72. The number of fused-ring (bicyclic) bond motifs is 1. The number of aromatic nitrogens is 2. The average molecular weight is 499 g/mol. The largest absolute Gasteiger partial charge is 0.454 e. The highest BCUT2D eigenvalue weighted by atomic mass is 32.2. The summed E-state index contributed by atoms with van der Waals surface area (Å²) in [6, 6.07) is 10.6. The zero-order chi connectivity index (χ0) is 24.6. The van der Waals surface area contributed by atoms with Gasteiger partial charge in [-0.2, -0.15) is 9.29 Å². The van der Waals surface area contributed by atoms with Crippen LogP contribution >= 0.6 is 0 Å². The first-order valence-corrected chi connectivity index (χ1v) is 12.8. The second-order valence-corrected chi connectivity index (χ2v) is 10.6. The molecule has 0 saturated carbocycles. The van der Waals surface area contributed by atoms with E-state index in [9.17, 15) is 13.2 Å².